The van der Waals surface area contributed by atoms with E-state index in [2.05, 4.69) is 26.0 Å². The molecule has 1 aromatic heterocycles. The lowest BCUT2D eigenvalue weighted by molar-refractivity contribution is 0.579. The molecule has 1 aromatic carbocycles. The van der Waals surface area contributed by atoms with Crippen LogP contribution in [-0.2, 0) is 10.0 Å². The van der Waals surface area contributed by atoms with Crippen LogP contribution in [0.25, 0.3) is 0 Å². The van der Waals surface area contributed by atoms with Crippen molar-refractivity contribution < 1.29 is 12.8 Å². The number of aryl methyl sites for hydroxylation is 1. The predicted molar refractivity (Wildman–Crippen MR) is 81.0 cm³/mol. The van der Waals surface area contributed by atoms with Gasteiger partial charge in [0, 0.05) is 10.7 Å². The minimum atomic E-state index is -3.77. The van der Waals surface area contributed by atoms with Crippen LogP contribution in [0.4, 0.5) is 4.39 Å². The summed E-state index contributed by atoms with van der Waals surface area (Å²) < 4.78 is 37.8. The summed E-state index contributed by atoms with van der Waals surface area (Å²) in [6.45, 7) is 1.85. The van der Waals surface area contributed by atoms with Gasteiger partial charge < -0.3 is 0 Å². The third kappa shape index (κ3) is 4.08. The van der Waals surface area contributed by atoms with Crippen molar-refractivity contribution in [2.45, 2.75) is 11.8 Å². The molecule has 0 unspecified atom stereocenters. The van der Waals surface area contributed by atoms with Crippen molar-refractivity contribution in [2.24, 2.45) is 5.10 Å². The summed E-state index contributed by atoms with van der Waals surface area (Å²) in [4.78, 5) is 5.58. The lowest BCUT2D eigenvalue weighted by Gasteiger charge is -2.03. The van der Waals surface area contributed by atoms with E-state index >= 15 is 0 Å². The van der Waals surface area contributed by atoms with Crippen LogP contribution < -0.4 is 4.83 Å². The molecule has 0 saturated carbocycles. The summed E-state index contributed by atoms with van der Waals surface area (Å²) in [5.74, 6) is -0.739. The van der Waals surface area contributed by atoms with Crippen LogP contribution in [0.2, 0.25) is 0 Å². The number of aromatic nitrogens is 1. The largest absolute Gasteiger partial charge is 0.276 e. The quantitative estimate of drug-likeness (QED) is 0.510. The first kappa shape index (κ1) is 15.6. The van der Waals surface area contributed by atoms with Crippen molar-refractivity contribution >= 4 is 32.2 Å². The average Bonchev–Trinajstić information content (AvgIpc) is 2.43. The Bertz CT molecular complexity index is 777. The fraction of sp³-hybridized carbons (Fsp3) is 0.0769. The van der Waals surface area contributed by atoms with Gasteiger partial charge in [-0.2, -0.15) is 17.9 Å². The van der Waals surface area contributed by atoms with E-state index in [0.717, 1.165) is 11.8 Å². The normalized spacial score (nSPS) is 11.8. The standard InChI is InChI=1S/C13H11BrFN3O2S/c1-9-2-4-12(5-3-9)21(19,20)18-17-7-10-6-11(14)8-16-13(10)15/h2-8,18H,1H3/b17-7+. The molecular formula is C13H11BrFN3O2S. The Morgan fingerprint density at radius 2 is 2.00 bits per heavy atom. The first-order valence-corrected chi connectivity index (χ1v) is 8.09. The number of sulfonamides is 1. The van der Waals surface area contributed by atoms with Gasteiger partial charge in [-0.15, -0.1) is 0 Å². The van der Waals surface area contributed by atoms with E-state index in [1.165, 1.54) is 24.4 Å². The molecule has 0 saturated heterocycles. The summed E-state index contributed by atoms with van der Waals surface area (Å²) in [7, 11) is -3.77. The van der Waals surface area contributed by atoms with Gasteiger partial charge in [-0.25, -0.2) is 9.82 Å². The first-order valence-electron chi connectivity index (χ1n) is 5.81. The molecule has 0 radical (unpaired) electrons. The van der Waals surface area contributed by atoms with Gasteiger partial charge in [-0.3, -0.25) is 0 Å². The van der Waals surface area contributed by atoms with E-state index in [-0.39, 0.29) is 10.5 Å². The Morgan fingerprint density at radius 1 is 1.33 bits per heavy atom. The van der Waals surface area contributed by atoms with Crippen molar-refractivity contribution in [3.8, 4) is 0 Å². The fourth-order valence-electron chi connectivity index (χ4n) is 1.46. The number of hydrogen-bond acceptors (Lipinski definition) is 4. The minimum Gasteiger partial charge on any atom is -0.227 e. The van der Waals surface area contributed by atoms with Crippen LogP contribution in [0.1, 0.15) is 11.1 Å². The van der Waals surface area contributed by atoms with Crippen molar-refractivity contribution in [3.63, 3.8) is 0 Å². The molecule has 0 amide bonds. The molecular weight excluding hydrogens is 361 g/mol. The highest BCUT2D eigenvalue weighted by molar-refractivity contribution is 9.10. The maximum absolute atomic E-state index is 13.4. The third-order valence-corrected chi connectivity index (χ3v) is 4.21. The second-order valence-electron chi connectivity index (χ2n) is 4.20. The molecule has 5 nitrogen and oxygen atoms in total. The van der Waals surface area contributed by atoms with Crippen LogP contribution in [0.3, 0.4) is 0 Å². The number of hydrazone groups is 1. The van der Waals surface area contributed by atoms with Crippen molar-refractivity contribution in [1.82, 2.24) is 9.82 Å². The molecule has 2 rings (SSSR count). The SMILES string of the molecule is Cc1ccc(S(=O)(=O)N/N=C/c2cc(Br)cnc2F)cc1. The molecule has 0 atom stereocenters. The molecule has 8 heteroatoms. The second-order valence-corrected chi connectivity index (χ2v) is 6.78. The molecule has 0 fully saturated rings. The van der Waals surface area contributed by atoms with Crippen LogP contribution in [0, 0.1) is 12.9 Å². The molecule has 110 valence electrons. The van der Waals surface area contributed by atoms with E-state index in [1.807, 2.05) is 11.8 Å². The molecule has 0 spiro atoms. The molecule has 21 heavy (non-hydrogen) atoms. The van der Waals surface area contributed by atoms with E-state index < -0.39 is 16.0 Å². The summed E-state index contributed by atoms with van der Waals surface area (Å²) >= 11 is 3.14. The number of hydrogen-bond donors (Lipinski definition) is 1. The van der Waals surface area contributed by atoms with Gasteiger partial charge in [0.05, 0.1) is 16.7 Å². The zero-order chi connectivity index (χ0) is 15.5. The molecule has 0 bridgehead atoms. The van der Waals surface area contributed by atoms with Gasteiger partial charge in [0.25, 0.3) is 10.0 Å². The third-order valence-electron chi connectivity index (χ3n) is 2.54. The number of halogens is 2. The number of nitrogens with zero attached hydrogens (tertiary/aromatic N) is 2. The average molecular weight is 372 g/mol. The Morgan fingerprint density at radius 3 is 2.67 bits per heavy atom. The molecule has 0 aliphatic carbocycles. The smallest absolute Gasteiger partial charge is 0.227 e. The lowest BCUT2D eigenvalue weighted by Crippen LogP contribution is -2.18. The van der Waals surface area contributed by atoms with Crippen LogP contribution in [0.5, 0.6) is 0 Å². The van der Waals surface area contributed by atoms with Crippen molar-refractivity contribution in [1.29, 1.82) is 0 Å². The van der Waals surface area contributed by atoms with Crippen LogP contribution in [0.15, 0.2) is 51.0 Å². The highest BCUT2D eigenvalue weighted by Gasteiger charge is 2.12. The molecule has 0 aliphatic rings. The lowest BCUT2D eigenvalue weighted by atomic mass is 10.2. The Labute approximate surface area is 130 Å². The highest BCUT2D eigenvalue weighted by Crippen LogP contribution is 2.12. The maximum atomic E-state index is 13.4. The van der Waals surface area contributed by atoms with Gasteiger partial charge in [-0.05, 0) is 41.1 Å². The highest BCUT2D eigenvalue weighted by atomic mass is 79.9. The predicted octanol–water partition coefficient (Wildman–Crippen LogP) is 2.60. The van der Waals surface area contributed by atoms with Gasteiger partial charge in [0.1, 0.15) is 0 Å². The van der Waals surface area contributed by atoms with E-state index in [1.54, 1.807) is 12.1 Å². The Hall–Kier alpha value is -1.80. The topological polar surface area (TPSA) is 71.4 Å². The second kappa shape index (κ2) is 6.31. The number of nitrogens with one attached hydrogen (secondary N) is 1. The minimum absolute atomic E-state index is 0.0657. The van der Waals surface area contributed by atoms with Crippen LogP contribution in [-0.4, -0.2) is 19.6 Å². The molecule has 2 aromatic rings. The molecule has 1 heterocycles. The van der Waals surface area contributed by atoms with Crippen molar-refractivity contribution in [3.05, 3.63) is 58.1 Å². The van der Waals surface area contributed by atoms with Gasteiger partial charge in [0.2, 0.25) is 5.95 Å². The zero-order valence-electron chi connectivity index (χ0n) is 10.9. The monoisotopic (exact) mass is 371 g/mol. The van der Waals surface area contributed by atoms with E-state index in [0.29, 0.717) is 4.47 Å². The van der Waals surface area contributed by atoms with Crippen molar-refractivity contribution in [2.75, 3.05) is 0 Å². The summed E-state index contributed by atoms with van der Waals surface area (Å²) in [6.07, 6.45) is 2.35. The number of pyridine rings is 1. The number of benzene rings is 1. The Kier molecular flexibility index (Phi) is 4.69. The van der Waals surface area contributed by atoms with Gasteiger partial charge in [0.15, 0.2) is 0 Å². The van der Waals surface area contributed by atoms with E-state index in [4.69, 9.17) is 0 Å². The molecule has 0 aliphatic heterocycles. The van der Waals surface area contributed by atoms with Gasteiger partial charge in [-0.1, -0.05) is 17.7 Å². The maximum Gasteiger partial charge on any atom is 0.276 e. The fourth-order valence-corrected chi connectivity index (χ4v) is 2.60. The summed E-state index contributed by atoms with van der Waals surface area (Å²) in [5.41, 5.74) is 1.01. The summed E-state index contributed by atoms with van der Waals surface area (Å²) in [6, 6.07) is 7.72. The van der Waals surface area contributed by atoms with Gasteiger partial charge >= 0.3 is 0 Å². The number of rotatable bonds is 4. The summed E-state index contributed by atoms with van der Waals surface area (Å²) in [5, 5.41) is 3.55. The Balaban J connectivity index is 2.16. The molecule has 1 N–H and O–H groups in total. The first-order chi connectivity index (χ1) is 9.88. The zero-order valence-corrected chi connectivity index (χ0v) is 13.3. The van der Waals surface area contributed by atoms with E-state index in [9.17, 15) is 12.8 Å². The van der Waals surface area contributed by atoms with Crippen LogP contribution >= 0.6 is 15.9 Å².